The highest BCUT2D eigenvalue weighted by atomic mass is 16.7. The third-order valence-corrected chi connectivity index (χ3v) is 5.76. The SMILES string of the molecule is COc1cc(CNC[C@H]2CC[C@@H](Nc3nccc(N(C)C)n3)CC2)cc2c1OCO2. The Hall–Kier alpha value is -2.74. The van der Waals surface area contributed by atoms with Crippen molar-refractivity contribution in [1.82, 2.24) is 15.3 Å². The maximum atomic E-state index is 5.51. The Labute approximate surface area is 177 Å². The van der Waals surface area contributed by atoms with Crippen molar-refractivity contribution in [2.75, 3.05) is 44.8 Å². The van der Waals surface area contributed by atoms with Gasteiger partial charge in [0.2, 0.25) is 18.5 Å². The molecule has 0 radical (unpaired) electrons. The molecule has 8 heteroatoms. The van der Waals surface area contributed by atoms with Gasteiger partial charge in [-0.25, -0.2) is 4.98 Å². The molecule has 2 N–H and O–H groups in total. The largest absolute Gasteiger partial charge is 0.493 e. The number of nitrogens with zero attached hydrogens (tertiary/aromatic N) is 3. The predicted molar refractivity (Wildman–Crippen MR) is 117 cm³/mol. The Morgan fingerprint density at radius 3 is 2.77 bits per heavy atom. The number of hydrogen-bond acceptors (Lipinski definition) is 8. The van der Waals surface area contributed by atoms with E-state index in [1.807, 2.05) is 43.4 Å². The van der Waals surface area contributed by atoms with E-state index in [0.717, 1.165) is 54.8 Å². The van der Waals surface area contributed by atoms with Gasteiger partial charge in [0.15, 0.2) is 11.5 Å². The zero-order valence-corrected chi connectivity index (χ0v) is 18.0. The minimum absolute atomic E-state index is 0.254. The average molecular weight is 414 g/mol. The van der Waals surface area contributed by atoms with Crippen molar-refractivity contribution < 1.29 is 14.2 Å². The first kappa shape index (κ1) is 20.5. The molecule has 2 aromatic rings. The number of aromatic nitrogens is 2. The van der Waals surface area contributed by atoms with E-state index < -0.39 is 0 Å². The molecule has 0 amide bonds. The van der Waals surface area contributed by atoms with Gasteiger partial charge in [-0.1, -0.05) is 0 Å². The molecule has 4 rings (SSSR count). The van der Waals surface area contributed by atoms with Crippen molar-refractivity contribution in [2.45, 2.75) is 38.3 Å². The Morgan fingerprint density at radius 2 is 2.00 bits per heavy atom. The lowest BCUT2D eigenvalue weighted by Gasteiger charge is -2.29. The Kier molecular flexibility index (Phi) is 6.42. The van der Waals surface area contributed by atoms with Crippen LogP contribution in [0.15, 0.2) is 24.4 Å². The summed E-state index contributed by atoms with van der Waals surface area (Å²) in [6.07, 6.45) is 6.48. The van der Waals surface area contributed by atoms with Gasteiger partial charge in [-0.05, 0) is 61.9 Å². The topological polar surface area (TPSA) is 80.8 Å². The van der Waals surface area contributed by atoms with Crippen molar-refractivity contribution in [3.63, 3.8) is 0 Å². The molecule has 2 heterocycles. The summed E-state index contributed by atoms with van der Waals surface area (Å²) in [6, 6.07) is 6.41. The summed E-state index contributed by atoms with van der Waals surface area (Å²) in [5.41, 5.74) is 1.14. The van der Waals surface area contributed by atoms with Gasteiger partial charge in [0, 0.05) is 32.9 Å². The van der Waals surface area contributed by atoms with Crippen molar-refractivity contribution in [2.24, 2.45) is 5.92 Å². The first-order valence-corrected chi connectivity index (χ1v) is 10.6. The van der Waals surface area contributed by atoms with Crippen LogP contribution in [0.3, 0.4) is 0 Å². The molecular weight excluding hydrogens is 382 g/mol. The monoisotopic (exact) mass is 413 g/mol. The van der Waals surface area contributed by atoms with Crippen LogP contribution in [0, 0.1) is 5.92 Å². The van der Waals surface area contributed by atoms with E-state index in [1.165, 1.54) is 12.8 Å². The molecule has 8 nitrogen and oxygen atoms in total. The van der Waals surface area contributed by atoms with E-state index in [2.05, 4.69) is 20.6 Å². The minimum Gasteiger partial charge on any atom is -0.493 e. The van der Waals surface area contributed by atoms with Gasteiger partial charge in [-0.3, -0.25) is 0 Å². The zero-order valence-electron chi connectivity index (χ0n) is 18.0. The van der Waals surface area contributed by atoms with E-state index in [1.54, 1.807) is 7.11 Å². The molecule has 1 aliphatic carbocycles. The lowest BCUT2D eigenvalue weighted by molar-refractivity contribution is 0.171. The number of nitrogens with one attached hydrogen (secondary N) is 2. The number of fused-ring (bicyclic) bond motifs is 1. The van der Waals surface area contributed by atoms with Gasteiger partial charge in [0.25, 0.3) is 0 Å². The molecule has 0 unspecified atom stereocenters. The van der Waals surface area contributed by atoms with E-state index in [-0.39, 0.29) is 6.79 Å². The Bertz CT molecular complexity index is 853. The lowest BCUT2D eigenvalue weighted by atomic mass is 9.86. The molecule has 162 valence electrons. The standard InChI is InChI=1S/C22H31N5O3/c1-27(2)20-8-9-24-22(26-20)25-17-6-4-15(5-7-17)12-23-13-16-10-18(28-3)21-19(11-16)29-14-30-21/h8-11,15,17,23H,4-7,12-14H2,1-3H3,(H,24,25,26)/t15-,17+. The smallest absolute Gasteiger partial charge is 0.231 e. The lowest BCUT2D eigenvalue weighted by Crippen LogP contribution is -2.31. The molecule has 0 spiro atoms. The summed E-state index contributed by atoms with van der Waals surface area (Å²) in [7, 11) is 5.64. The highest BCUT2D eigenvalue weighted by Gasteiger charge is 2.22. The number of benzene rings is 1. The zero-order chi connectivity index (χ0) is 20.9. The van der Waals surface area contributed by atoms with Crippen LogP contribution in [0.5, 0.6) is 17.2 Å². The summed E-state index contributed by atoms with van der Waals surface area (Å²) in [5, 5.41) is 7.10. The highest BCUT2D eigenvalue weighted by molar-refractivity contribution is 5.55. The second-order valence-corrected chi connectivity index (χ2v) is 8.16. The molecule has 30 heavy (non-hydrogen) atoms. The third kappa shape index (κ3) is 4.87. The Morgan fingerprint density at radius 1 is 1.17 bits per heavy atom. The van der Waals surface area contributed by atoms with E-state index in [9.17, 15) is 0 Å². The molecule has 1 aliphatic heterocycles. The van der Waals surface area contributed by atoms with E-state index in [0.29, 0.717) is 17.7 Å². The van der Waals surface area contributed by atoms with Gasteiger partial charge in [-0.15, -0.1) is 0 Å². The van der Waals surface area contributed by atoms with Crippen molar-refractivity contribution in [3.05, 3.63) is 30.0 Å². The van der Waals surface area contributed by atoms with Crippen LogP contribution in [-0.4, -0.2) is 50.6 Å². The van der Waals surface area contributed by atoms with Crippen molar-refractivity contribution >= 4 is 11.8 Å². The molecule has 0 atom stereocenters. The normalized spacial score (nSPS) is 20.1. The van der Waals surface area contributed by atoms with E-state index in [4.69, 9.17) is 14.2 Å². The summed E-state index contributed by atoms with van der Waals surface area (Å²) < 4.78 is 16.4. The van der Waals surface area contributed by atoms with Gasteiger partial charge in [-0.2, -0.15) is 4.98 Å². The van der Waals surface area contributed by atoms with Gasteiger partial charge >= 0.3 is 0 Å². The summed E-state index contributed by atoms with van der Waals surface area (Å²) in [4.78, 5) is 10.9. The van der Waals surface area contributed by atoms with Crippen LogP contribution in [0.25, 0.3) is 0 Å². The highest BCUT2D eigenvalue weighted by Crippen LogP contribution is 2.41. The summed E-state index contributed by atoms with van der Waals surface area (Å²) in [5.74, 6) is 4.53. The molecular formula is C22H31N5O3. The van der Waals surface area contributed by atoms with E-state index >= 15 is 0 Å². The van der Waals surface area contributed by atoms with Crippen LogP contribution in [0.4, 0.5) is 11.8 Å². The van der Waals surface area contributed by atoms with Crippen molar-refractivity contribution in [1.29, 1.82) is 0 Å². The average Bonchev–Trinajstić information content (AvgIpc) is 3.23. The van der Waals surface area contributed by atoms with Crippen molar-refractivity contribution in [3.8, 4) is 17.2 Å². The Balaban J connectivity index is 1.22. The molecule has 2 aliphatic rings. The predicted octanol–water partition coefficient (Wildman–Crippen LogP) is 3.04. The third-order valence-electron chi connectivity index (χ3n) is 5.76. The number of methoxy groups -OCH3 is 1. The second-order valence-electron chi connectivity index (χ2n) is 8.16. The second kappa shape index (κ2) is 9.38. The fraction of sp³-hybridized carbons (Fsp3) is 0.545. The molecule has 0 saturated heterocycles. The van der Waals surface area contributed by atoms with Gasteiger partial charge < -0.3 is 29.7 Å². The summed E-state index contributed by atoms with van der Waals surface area (Å²) in [6.45, 7) is 2.05. The fourth-order valence-electron chi connectivity index (χ4n) is 4.07. The van der Waals surface area contributed by atoms with Crippen LogP contribution in [-0.2, 0) is 6.54 Å². The van der Waals surface area contributed by atoms with Crippen LogP contribution in [0.1, 0.15) is 31.2 Å². The number of hydrogen-bond donors (Lipinski definition) is 2. The quantitative estimate of drug-likeness (QED) is 0.684. The molecule has 1 aromatic heterocycles. The molecule has 0 bridgehead atoms. The van der Waals surface area contributed by atoms with Crippen LogP contribution in [0.2, 0.25) is 0 Å². The fourth-order valence-corrected chi connectivity index (χ4v) is 4.07. The van der Waals surface area contributed by atoms with Crippen LogP contribution < -0.4 is 29.7 Å². The summed E-state index contributed by atoms with van der Waals surface area (Å²) >= 11 is 0. The van der Waals surface area contributed by atoms with Gasteiger partial charge in [0.1, 0.15) is 5.82 Å². The van der Waals surface area contributed by atoms with Gasteiger partial charge in [0.05, 0.1) is 7.11 Å². The molecule has 1 aromatic carbocycles. The number of ether oxygens (including phenoxy) is 3. The molecule has 1 saturated carbocycles. The molecule has 1 fully saturated rings. The first-order valence-electron chi connectivity index (χ1n) is 10.6. The van der Waals surface area contributed by atoms with Crippen LogP contribution >= 0.6 is 0 Å². The number of anilines is 2. The minimum atomic E-state index is 0.254. The maximum Gasteiger partial charge on any atom is 0.231 e. The first-order chi connectivity index (χ1) is 14.6. The number of rotatable bonds is 8. The maximum absolute atomic E-state index is 5.51.